The molecule has 0 radical (unpaired) electrons. The molecular formula is C7H13NS. The average molecular weight is 143 g/mol. The van der Waals surface area contributed by atoms with Gasteiger partial charge in [-0.2, -0.15) is 0 Å². The van der Waals surface area contributed by atoms with E-state index in [4.69, 9.17) is 0 Å². The highest BCUT2D eigenvalue weighted by atomic mass is 32.1. The molecule has 0 heterocycles. The number of hydrogen-bond acceptors (Lipinski definition) is 2. The van der Waals surface area contributed by atoms with Crippen molar-refractivity contribution in [2.75, 3.05) is 6.54 Å². The summed E-state index contributed by atoms with van der Waals surface area (Å²) in [6, 6.07) is 0. The molecule has 52 valence electrons. The quantitative estimate of drug-likeness (QED) is 0.454. The lowest BCUT2D eigenvalue weighted by molar-refractivity contribution is 1.09. The first-order valence-electron chi connectivity index (χ1n) is 3.00. The zero-order valence-electron chi connectivity index (χ0n) is 5.89. The molecule has 0 bridgehead atoms. The molecule has 0 aromatic heterocycles. The van der Waals surface area contributed by atoms with Crippen LogP contribution in [0.5, 0.6) is 0 Å². The largest absolute Gasteiger partial charge is 0.262 e. The summed E-state index contributed by atoms with van der Waals surface area (Å²) in [5, 5.41) is 0. The van der Waals surface area contributed by atoms with E-state index in [1.54, 1.807) is 0 Å². The van der Waals surface area contributed by atoms with Crippen LogP contribution in [0.15, 0.2) is 23.8 Å². The summed E-state index contributed by atoms with van der Waals surface area (Å²) in [4.78, 5) is 0. The van der Waals surface area contributed by atoms with Crippen LogP contribution < -0.4 is 4.72 Å². The Morgan fingerprint density at radius 1 is 1.56 bits per heavy atom. The maximum Gasteiger partial charge on any atom is 0.0304 e. The smallest absolute Gasteiger partial charge is 0.0304 e. The molecule has 0 spiro atoms. The van der Waals surface area contributed by atoms with Crippen molar-refractivity contribution in [3.63, 3.8) is 0 Å². The maximum absolute atomic E-state index is 3.88. The fraction of sp³-hybridized carbons (Fsp3) is 0.429. The van der Waals surface area contributed by atoms with Gasteiger partial charge in [0.1, 0.15) is 0 Å². The van der Waals surface area contributed by atoms with Crippen molar-refractivity contribution in [2.45, 2.75) is 13.8 Å². The minimum Gasteiger partial charge on any atom is -0.262 e. The van der Waals surface area contributed by atoms with E-state index in [2.05, 4.69) is 29.7 Å². The van der Waals surface area contributed by atoms with Gasteiger partial charge in [-0.3, -0.25) is 4.72 Å². The number of allylic oxidation sites excluding steroid dienone is 2. The van der Waals surface area contributed by atoms with Crippen LogP contribution in [-0.2, 0) is 0 Å². The van der Waals surface area contributed by atoms with E-state index in [9.17, 15) is 0 Å². The van der Waals surface area contributed by atoms with Crippen LogP contribution >= 0.6 is 12.8 Å². The van der Waals surface area contributed by atoms with E-state index in [1.807, 2.05) is 19.9 Å². The van der Waals surface area contributed by atoms with Gasteiger partial charge in [-0.25, -0.2) is 0 Å². The first kappa shape index (κ1) is 8.79. The summed E-state index contributed by atoms with van der Waals surface area (Å²) >= 11 is 3.88. The summed E-state index contributed by atoms with van der Waals surface area (Å²) in [5.74, 6) is 0. The average Bonchev–Trinajstić information content (AvgIpc) is 1.88. The molecule has 0 saturated heterocycles. The van der Waals surface area contributed by atoms with Crippen molar-refractivity contribution < 1.29 is 0 Å². The monoisotopic (exact) mass is 143 g/mol. The van der Waals surface area contributed by atoms with E-state index >= 15 is 0 Å². The minimum absolute atomic E-state index is 0.823. The normalized spacial score (nSPS) is 13.0. The summed E-state index contributed by atoms with van der Waals surface area (Å²) in [5.41, 5.74) is 1.26. The first-order chi connectivity index (χ1) is 4.35. The van der Waals surface area contributed by atoms with Crippen molar-refractivity contribution >= 4 is 12.8 Å². The van der Waals surface area contributed by atoms with Crippen LogP contribution in [0.4, 0.5) is 0 Å². The fourth-order valence-electron chi connectivity index (χ4n) is 0.563. The van der Waals surface area contributed by atoms with Gasteiger partial charge in [-0.15, -0.1) is 0 Å². The predicted molar refractivity (Wildman–Crippen MR) is 45.6 cm³/mol. The van der Waals surface area contributed by atoms with Gasteiger partial charge in [0, 0.05) is 6.54 Å². The molecule has 0 rings (SSSR count). The predicted octanol–water partition coefficient (Wildman–Crippen LogP) is 1.94. The fourth-order valence-corrected chi connectivity index (χ4v) is 0.745. The summed E-state index contributed by atoms with van der Waals surface area (Å²) in [6.07, 6.45) is 6.13. The van der Waals surface area contributed by atoms with Crippen LogP contribution in [0, 0.1) is 0 Å². The van der Waals surface area contributed by atoms with Crippen LogP contribution in [0.1, 0.15) is 13.8 Å². The Bertz CT molecular complexity index is 116. The molecular weight excluding hydrogens is 130 g/mol. The molecule has 0 amide bonds. The standard InChI is InChI=1S/C7H13NS/c1-3-5-7(4-2)6-8-9/h3-5,8-9H,6H2,1-2H3/b5-3-,7-4+. The van der Waals surface area contributed by atoms with E-state index < -0.39 is 0 Å². The lowest BCUT2D eigenvalue weighted by Gasteiger charge is -1.96. The highest BCUT2D eigenvalue weighted by molar-refractivity contribution is 7.78. The summed E-state index contributed by atoms with van der Waals surface area (Å²) < 4.78 is 2.78. The summed E-state index contributed by atoms with van der Waals surface area (Å²) in [7, 11) is 0. The Morgan fingerprint density at radius 2 is 2.22 bits per heavy atom. The Morgan fingerprint density at radius 3 is 2.56 bits per heavy atom. The zero-order chi connectivity index (χ0) is 7.11. The van der Waals surface area contributed by atoms with Crippen LogP contribution in [0.2, 0.25) is 0 Å². The molecule has 0 atom stereocenters. The third-order valence-corrected chi connectivity index (χ3v) is 1.19. The van der Waals surface area contributed by atoms with Gasteiger partial charge < -0.3 is 0 Å². The second-order valence-corrected chi connectivity index (χ2v) is 2.01. The molecule has 0 aliphatic rings. The van der Waals surface area contributed by atoms with Crippen molar-refractivity contribution in [3.8, 4) is 0 Å². The third-order valence-electron chi connectivity index (χ3n) is 1.03. The topological polar surface area (TPSA) is 12.0 Å². The zero-order valence-corrected chi connectivity index (χ0v) is 6.78. The number of rotatable bonds is 3. The minimum atomic E-state index is 0.823. The Labute approximate surface area is 62.4 Å². The van der Waals surface area contributed by atoms with Crippen molar-refractivity contribution in [3.05, 3.63) is 23.8 Å². The summed E-state index contributed by atoms with van der Waals surface area (Å²) in [6.45, 7) is 4.84. The van der Waals surface area contributed by atoms with Gasteiger partial charge in [0.2, 0.25) is 0 Å². The number of nitrogens with one attached hydrogen (secondary N) is 1. The van der Waals surface area contributed by atoms with Crippen LogP contribution in [-0.4, -0.2) is 6.54 Å². The Hall–Kier alpha value is -0.210. The SMILES string of the molecule is C/C=C\C(=C/C)CNS. The van der Waals surface area contributed by atoms with Gasteiger partial charge in [0.05, 0.1) is 0 Å². The van der Waals surface area contributed by atoms with Gasteiger partial charge in [-0.1, -0.05) is 31.0 Å². The number of thiol groups is 1. The molecule has 0 aliphatic carbocycles. The molecule has 0 aromatic rings. The first-order valence-corrected chi connectivity index (χ1v) is 3.44. The molecule has 1 N–H and O–H groups in total. The van der Waals surface area contributed by atoms with Gasteiger partial charge >= 0.3 is 0 Å². The molecule has 0 fully saturated rings. The van der Waals surface area contributed by atoms with Gasteiger partial charge in [0.25, 0.3) is 0 Å². The molecule has 0 saturated carbocycles. The van der Waals surface area contributed by atoms with Crippen molar-refractivity contribution in [1.29, 1.82) is 0 Å². The van der Waals surface area contributed by atoms with E-state index in [1.165, 1.54) is 5.57 Å². The molecule has 2 heteroatoms. The molecule has 1 nitrogen and oxygen atoms in total. The highest BCUT2D eigenvalue weighted by Crippen LogP contribution is 1.93. The lowest BCUT2D eigenvalue weighted by Crippen LogP contribution is -2.02. The van der Waals surface area contributed by atoms with Crippen LogP contribution in [0.25, 0.3) is 0 Å². The maximum atomic E-state index is 3.88. The van der Waals surface area contributed by atoms with E-state index in [0.29, 0.717) is 0 Å². The molecule has 0 aliphatic heterocycles. The highest BCUT2D eigenvalue weighted by Gasteiger charge is 1.84. The molecule has 0 aromatic carbocycles. The van der Waals surface area contributed by atoms with E-state index in [-0.39, 0.29) is 0 Å². The van der Waals surface area contributed by atoms with Crippen molar-refractivity contribution in [1.82, 2.24) is 4.72 Å². The second-order valence-electron chi connectivity index (χ2n) is 1.70. The molecule has 9 heavy (non-hydrogen) atoms. The third kappa shape index (κ3) is 4.30. The van der Waals surface area contributed by atoms with Crippen molar-refractivity contribution in [2.24, 2.45) is 0 Å². The van der Waals surface area contributed by atoms with Crippen LogP contribution in [0.3, 0.4) is 0 Å². The number of hydrogen-bond donors (Lipinski definition) is 2. The van der Waals surface area contributed by atoms with E-state index in [0.717, 1.165) is 6.54 Å². The Kier molecular flexibility index (Phi) is 5.78. The molecule has 0 unspecified atom stereocenters. The van der Waals surface area contributed by atoms with Gasteiger partial charge in [0.15, 0.2) is 0 Å². The Balaban J connectivity index is 3.70. The van der Waals surface area contributed by atoms with Gasteiger partial charge in [-0.05, 0) is 19.4 Å². The second kappa shape index (κ2) is 5.92. The lowest BCUT2D eigenvalue weighted by atomic mass is 10.2.